The molecule has 4 nitrogen and oxygen atoms in total. The van der Waals surface area contributed by atoms with E-state index in [1.807, 2.05) is 42.5 Å². The maximum atomic E-state index is 4.42. The third-order valence-corrected chi connectivity index (χ3v) is 2.44. The van der Waals surface area contributed by atoms with Gasteiger partial charge >= 0.3 is 0 Å². The molecule has 0 aliphatic carbocycles. The number of nitrogens with zero attached hydrogens (tertiary/aromatic N) is 4. The lowest BCUT2D eigenvalue weighted by Gasteiger charge is -1.97. The first-order chi connectivity index (χ1) is 8.43. The van der Waals surface area contributed by atoms with Crippen LogP contribution in [-0.2, 0) is 0 Å². The van der Waals surface area contributed by atoms with Crippen molar-refractivity contribution in [3.8, 4) is 16.9 Å². The zero-order chi connectivity index (χ0) is 11.5. The van der Waals surface area contributed by atoms with E-state index in [1.54, 1.807) is 23.4 Å². The third kappa shape index (κ3) is 1.92. The Labute approximate surface area is 98.6 Å². The number of hydrogen-bond donors (Lipinski definition) is 0. The summed E-state index contributed by atoms with van der Waals surface area (Å²) in [4.78, 5) is 5.68. The Morgan fingerprint density at radius 1 is 0.882 bits per heavy atom. The quantitative estimate of drug-likeness (QED) is 0.668. The predicted octanol–water partition coefficient (Wildman–Crippen LogP) is 2.33. The van der Waals surface area contributed by atoms with Gasteiger partial charge in [-0.15, -0.1) is 5.10 Å². The van der Waals surface area contributed by atoms with E-state index in [9.17, 15) is 0 Å². The topological polar surface area (TPSA) is 43.6 Å². The summed E-state index contributed by atoms with van der Waals surface area (Å²) >= 11 is 0. The summed E-state index contributed by atoms with van der Waals surface area (Å²) in [6.07, 6.45) is 5.26. The van der Waals surface area contributed by atoms with Crippen LogP contribution in [0.1, 0.15) is 0 Å². The maximum absolute atomic E-state index is 4.42. The molecule has 0 fully saturated rings. The molecule has 0 saturated carbocycles. The fraction of sp³-hybridized carbons (Fsp3) is 0. The largest absolute Gasteiger partial charge is 0.264 e. The molecule has 82 valence electrons. The molecule has 0 spiro atoms. The molecule has 0 amide bonds. The molecule has 4 heteroatoms. The van der Waals surface area contributed by atoms with Crippen molar-refractivity contribution in [3.05, 3.63) is 61.1 Å². The number of hydrogen-bond acceptors (Lipinski definition) is 3. The van der Waals surface area contributed by atoms with E-state index in [0.717, 1.165) is 16.9 Å². The van der Waals surface area contributed by atoms with Gasteiger partial charge in [-0.1, -0.05) is 18.2 Å². The van der Waals surface area contributed by atoms with Crippen molar-refractivity contribution in [1.29, 1.82) is 0 Å². The van der Waals surface area contributed by atoms with Gasteiger partial charge in [0.25, 0.3) is 0 Å². The minimum absolute atomic E-state index is 0.821. The molecule has 0 aliphatic rings. The SMILES string of the molecule is c1ccc(-n2ncc(-c3cccnc3)n2)cc1. The molecular weight excluding hydrogens is 212 g/mol. The molecule has 0 aliphatic heterocycles. The standard InChI is InChI=1S/C13H10N4/c1-2-6-12(7-3-1)17-15-10-13(16-17)11-5-4-8-14-9-11/h1-10H. The molecule has 0 unspecified atom stereocenters. The summed E-state index contributed by atoms with van der Waals surface area (Å²) in [6.45, 7) is 0. The van der Waals surface area contributed by atoms with Crippen LogP contribution in [0.5, 0.6) is 0 Å². The summed E-state index contributed by atoms with van der Waals surface area (Å²) < 4.78 is 0. The second kappa shape index (κ2) is 4.17. The number of para-hydroxylation sites is 1. The third-order valence-electron chi connectivity index (χ3n) is 2.44. The first kappa shape index (κ1) is 9.72. The lowest BCUT2D eigenvalue weighted by atomic mass is 10.2. The highest BCUT2D eigenvalue weighted by Crippen LogP contribution is 2.14. The molecule has 0 N–H and O–H groups in total. The van der Waals surface area contributed by atoms with Crippen molar-refractivity contribution in [2.45, 2.75) is 0 Å². The number of rotatable bonds is 2. The molecule has 2 heterocycles. The molecule has 3 aromatic rings. The minimum Gasteiger partial charge on any atom is -0.264 e. The van der Waals surface area contributed by atoms with E-state index < -0.39 is 0 Å². The van der Waals surface area contributed by atoms with E-state index >= 15 is 0 Å². The number of pyridine rings is 1. The van der Waals surface area contributed by atoms with E-state index in [2.05, 4.69) is 15.2 Å². The van der Waals surface area contributed by atoms with Crippen molar-refractivity contribution in [3.63, 3.8) is 0 Å². The molecule has 1 aromatic carbocycles. The Morgan fingerprint density at radius 3 is 2.53 bits per heavy atom. The van der Waals surface area contributed by atoms with Crippen molar-refractivity contribution in [1.82, 2.24) is 20.0 Å². The average Bonchev–Trinajstić information content (AvgIpc) is 2.90. The minimum atomic E-state index is 0.821. The maximum Gasteiger partial charge on any atom is 0.115 e. The molecule has 3 rings (SSSR count). The molecule has 0 saturated heterocycles. The summed E-state index contributed by atoms with van der Waals surface area (Å²) in [5.74, 6) is 0. The Balaban J connectivity index is 1.99. The highest BCUT2D eigenvalue weighted by atomic mass is 15.5. The van der Waals surface area contributed by atoms with Gasteiger partial charge in [-0.2, -0.15) is 9.90 Å². The van der Waals surface area contributed by atoms with Crippen LogP contribution < -0.4 is 0 Å². The van der Waals surface area contributed by atoms with Crippen molar-refractivity contribution in [2.24, 2.45) is 0 Å². The summed E-state index contributed by atoms with van der Waals surface area (Å²) in [7, 11) is 0. The molecule has 17 heavy (non-hydrogen) atoms. The van der Waals surface area contributed by atoms with Crippen LogP contribution in [-0.4, -0.2) is 20.0 Å². The number of benzene rings is 1. The van der Waals surface area contributed by atoms with E-state index in [-0.39, 0.29) is 0 Å². The summed E-state index contributed by atoms with van der Waals surface area (Å²) in [5, 5.41) is 8.66. The summed E-state index contributed by atoms with van der Waals surface area (Å²) in [5.41, 5.74) is 2.74. The highest BCUT2D eigenvalue weighted by Gasteiger charge is 2.04. The highest BCUT2D eigenvalue weighted by molar-refractivity contribution is 5.56. The van der Waals surface area contributed by atoms with Gasteiger partial charge in [0.2, 0.25) is 0 Å². The van der Waals surface area contributed by atoms with Crippen LogP contribution in [0.2, 0.25) is 0 Å². The van der Waals surface area contributed by atoms with Gasteiger partial charge in [0.1, 0.15) is 5.69 Å². The summed E-state index contributed by atoms with van der Waals surface area (Å²) in [6, 6.07) is 13.7. The van der Waals surface area contributed by atoms with E-state index in [4.69, 9.17) is 0 Å². The van der Waals surface area contributed by atoms with Crippen LogP contribution >= 0.6 is 0 Å². The van der Waals surface area contributed by atoms with Gasteiger partial charge in [0, 0.05) is 18.0 Å². The first-order valence-corrected chi connectivity index (χ1v) is 5.32. The monoisotopic (exact) mass is 222 g/mol. The molecule has 2 aromatic heterocycles. The average molecular weight is 222 g/mol. The van der Waals surface area contributed by atoms with Gasteiger partial charge in [-0.25, -0.2) is 0 Å². The van der Waals surface area contributed by atoms with Gasteiger partial charge in [0.15, 0.2) is 0 Å². The zero-order valence-electron chi connectivity index (χ0n) is 9.06. The Bertz CT molecular complexity index is 548. The molecule has 0 atom stereocenters. The predicted molar refractivity (Wildman–Crippen MR) is 64.6 cm³/mol. The lowest BCUT2D eigenvalue weighted by Crippen LogP contribution is -1.97. The second-order valence-electron chi connectivity index (χ2n) is 3.60. The van der Waals surface area contributed by atoms with E-state index in [1.165, 1.54) is 0 Å². The zero-order valence-corrected chi connectivity index (χ0v) is 9.06. The van der Waals surface area contributed by atoms with Gasteiger partial charge in [0.05, 0.1) is 11.9 Å². The van der Waals surface area contributed by atoms with Crippen molar-refractivity contribution in [2.75, 3.05) is 0 Å². The lowest BCUT2D eigenvalue weighted by molar-refractivity contribution is 0.754. The normalized spacial score (nSPS) is 10.4. The van der Waals surface area contributed by atoms with Crippen LogP contribution in [0.15, 0.2) is 61.1 Å². The van der Waals surface area contributed by atoms with Gasteiger partial charge < -0.3 is 0 Å². The first-order valence-electron chi connectivity index (χ1n) is 5.32. The van der Waals surface area contributed by atoms with Gasteiger partial charge in [-0.05, 0) is 24.3 Å². The molecular formula is C13H10N4. The molecule has 0 radical (unpaired) electrons. The van der Waals surface area contributed by atoms with Crippen molar-refractivity contribution < 1.29 is 0 Å². The Morgan fingerprint density at radius 2 is 1.76 bits per heavy atom. The second-order valence-corrected chi connectivity index (χ2v) is 3.60. The van der Waals surface area contributed by atoms with Crippen LogP contribution in [0.3, 0.4) is 0 Å². The number of aromatic nitrogens is 4. The van der Waals surface area contributed by atoms with E-state index in [0.29, 0.717) is 0 Å². The van der Waals surface area contributed by atoms with Crippen LogP contribution in [0.25, 0.3) is 16.9 Å². The smallest absolute Gasteiger partial charge is 0.115 e. The molecule has 0 bridgehead atoms. The fourth-order valence-electron chi connectivity index (χ4n) is 1.60. The Kier molecular flexibility index (Phi) is 2.38. The van der Waals surface area contributed by atoms with Crippen LogP contribution in [0, 0.1) is 0 Å². The van der Waals surface area contributed by atoms with Crippen molar-refractivity contribution >= 4 is 0 Å². The van der Waals surface area contributed by atoms with Gasteiger partial charge in [-0.3, -0.25) is 4.98 Å². The fourth-order valence-corrected chi connectivity index (χ4v) is 1.60. The Hall–Kier alpha value is -2.49. The van der Waals surface area contributed by atoms with Crippen LogP contribution in [0.4, 0.5) is 0 Å².